The van der Waals surface area contributed by atoms with Gasteiger partial charge in [0.2, 0.25) is 0 Å². The number of aryl methyl sites for hydroxylation is 1. The van der Waals surface area contributed by atoms with E-state index < -0.39 is 0 Å². The lowest BCUT2D eigenvalue weighted by Gasteiger charge is -2.19. The van der Waals surface area contributed by atoms with Crippen LogP contribution in [0.25, 0.3) is 0 Å². The van der Waals surface area contributed by atoms with Crippen molar-refractivity contribution < 1.29 is 0 Å². The Morgan fingerprint density at radius 3 is 2.35 bits per heavy atom. The first-order valence-corrected chi connectivity index (χ1v) is 6.79. The van der Waals surface area contributed by atoms with Gasteiger partial charge in [0.05, 0.1) is 11.7 Å². The minimum Gasteiger partial charge on any atom is -0.314 e. The Balaban J connectivity index is 2.78. The Labute approximate surface area is 106 Å². The van der Waals surface area contributed by atoms with Gasteiger partial charge in [0, 0.05) is 11.7 Å². The third-order valence-corrected chi connectivity index (χ3v) is 3.49. The first kappa shape index (κ1) is 14.2. The molecule has 3 heteroatoms. The molecule has 17 heavy (non-hydrogen) atoms. The summed E-state index contributed by atoms with van der Waals surface area (Å²) in [6, 6.07) is 1.01. The molecule has 2 unspecified atom stereocenters. The first-order valence-electron chi connectivity index (χ1n) is 6.79. The van der Waals surface area contributed by atoms with Gasteiger partial charge in [0.1, 0.15) is 0 Å². The zero-order chi connectivity index (χ0) is 13.0. The van der Waals surface area contributed by atoms with Crippen LogP contribution >= 0.6 is 0 Å². The average molecular weight is 237 g/mol. The second-order valence-corrected chi connectivity index (χ2v) is 4.99. The van der Waals surface area contributed by atoms with E-state index in [1.54, 1.807) is 0 Å². The molecule has 0 radical (unpaired) electrons. The van der Waals surface area contributed by atoms with Gasteiger partial charge in [-0.15, -0.1) is 0 Å². The molecular weight excluding hydrogens is 210 g/mol. The van der Waals surface area contributed by atoms with Gasteiger partial charge in [-0.1, -0.05) is 13.8 Å². The predicted molar refractivity (Wildman–Crippen MR) is 73.5 cm³/mol. The van der Waals surface area contributed by atoms with Crippen LogP contribution in [-0.4, -0.2) is 22.4 Å². The largest absolute Gasteiger partial charge is 0.314 e. The van der Waals surface area contributed by atoms with E-state index in [1.165, 1.54) is 17.0 Å². The lowest BCUT2D eigenvalue weighted by atomic mass is 10.1. The third-order valence-electron chi connectivity index (χ3n) is 3.49. The second-order valence-electron chi connectivity index (χ2n) is 4.99. The molecule has 2 atom stereocenters. The van der Waals surface area contributed by atoms with Crippen LogP contribution in [0.3, 0.4) is 0 Å². The Kier molecular flexibility index (Phi) is 5.19. The van der Waals surface area contributed by atoms with Gasteiger partial charge in [-0.25, -0.2) is 0 Å². The van der Waals surface area contributed by atoms with Crippen LogP contribution in [0.4, 0.5) is 0 Å². The maximum atomic E-state index is 4.68. The quantitative estimate of drug-likeness (QED) is 0.824. The predicted octanol–water partition coefficient (Wildman–Crippen LogP) is 3.01. The Morgan fingerprint density at radius 2 is 1.88 bits per heavy atom. The molecule has 0 spiro atoms. The molecule has 0 amide bonds. The smallest absolute Gasteiger partial charge is 0.0628 e. The number of rotatable bonds is 6. The molecule has 0 fully saturated rings. The highest BCUT2D eigenvalue weighted by Crippen LogP contribution is 2.20. The van der Waals surface area contributed by atoms with Crippen molar-refractivity contribution in [1.82, 2.24) is 15.1 Å². The fourth-order valence-corrected chi connectivity index (χ4v) is 2.68. The Morgan fingerprint density at radius 1 is 1.24 bits per heavy atom. The first-order chi connectivity index (χ1) is 8.01. The van der Waals surface area contributed by atoms with E-state index in [4.69, 9.17) is 0 Å². The van der Waals surface area contributed by atoms with Gasteiger partial charge in [-0.2, -0.15) is 5.10 Å². The summed E-state index contributed by atoms with van der Waals surface area (Å²) in [5.74, 6) is 0. The summed E-state index contributed by atoms with van der Waals surface area (Å²) in [7, 11) is 0. The van der Waals surface area contributed by atoms with Crippen molar-refractivity contribution in [3.8, 4) is 0 Å². The van der Waals surface area contributed by atoms with E-state index in [0.29, 0.717) is 12.1 Å². The molecule has 3 nitrogen and oxygen atoms in total. The van der Waals surface area contributed by atoms with Gasteiger partial charge in [-0.3, -0.25) is 4.68 Å². The number of nitrogens with one attached hydrogen (secondary N) is 1. The Bertz CT molecular complexity index is 355. The highest BCUT2D eigenvalue weighted by atomic mass is 15.3. The van der Waals surface area contributed by atoms with Crippen molar-refractivity contribution in [2.45, 2.75) is 66.5 Å². The Hall–Kier alpha value is -0.830. The van der Waals surface area contributed by atoms with Gasteiger partial charge >= 0.3 is 0 Å². The van der Waals surface area contributed by atoms with Crippen LogP contribution in [0.5, 0.6) is 0 Å². The van der Waals surface area contributed by atoms with E-state index >= 15 is 0 Å². The standard InChI is InChI=1S/C14H27N3/c1-7-14-12(5)16-17(13(14)6)11(4)9-10(3)15-8-2/h10-11,15H,7-9H2,1-6H3. The molecular formula is C14H27N3. The summed E-state index contributed by atoms with van der Waals surface area (Å²) < 4.78 is 2.20. The highest BCUT2D eigenvalue weighted by Gasteiger charge is 2.16. The van der Waals surface area contributed by atoms with Crippen molar-refractivity contribution in [1.29, 1.82) is 0 Å². The molecule has 1 aromatic heterocycles. The monoisotopic (exact) mass is 237 g/mol. The number of nitrogens with zero attached hydrogens (tertiary/aromatic N) is 2. The maximum absolute atomic E-state index is 4.68. The molecule has 0 aliphatic heterocycles. The summed E-state index contributed by atoms with van der Waals surface area (Å²) in [4.78, 5) is 0. The fourth-order valence-electron chi connectivity index (χ4n) is 2.68. The molecule has 1 N–H and O–H groups in total. The number of aromatic nitrogens is 2. The summed E-state index contributed by atoms with van der Waals surface area (Å²) in [5.41, 5.74) is 3.93. The van der Waals surface area contributed by atoms with E-state index in [9.17, 15) is 0 Å². The molecule has 0 aliphatic carbocycles. The summed E-state index contributed by atoms with van der Waals surface area (Å²) in [6.07, 6.45) is 2.20. The molecule has 1 heterocycles. The maximum Gasteiger partial charge on any atom is 0.0628 e. The number of hydrogen-bond donors (Lipinski definition) is 1. The minimum absolute atomic E-state index is 0.461. The zero-order valence-corrected chi connectivity index (χ0v) is 12.2. The summed E-state index contributed by atoms with van der Waals surface area (Å²) in [6.45, 7) is 14.2. The van der Waals surface area contributed by atoms with Crippen molar-refractivity contribution in [2.24, 2.45) is 0 Å². The van der Waals surface area contributed by atoms with E-state index in [2.05, 4.69) is 56.6 Å². The van der Waals surface area contributed by atoms with Crippen molar-refractivity contribution >= 4 is 0 Å². The normalized spacial score (nSPS) is 14.9. The summed E-state index contributed by atoms with van der Waals surface area (Å²) in [5, 5.41) is 8.14. The minimum atomic E-state index is 0.461. The lowest BCUT2D eigenvalue weighted by molar-refractivity contribution is 0.387. The van der Waals surface area contributed by atoms with Crippen LogP contribution in [0.15, 0.2) is 0 Å². The van der Waals surface area contributed by atoms with E-state index in [1.807, 2.05) is 0 Å². The van der Waals surface area contributed by atoms with Crippen molar-refractivity contribution in [3.63, 3.8) is 0 Å². The van der Waals surface area contributed by atoms with Gasteiger partial charge in [0.15, 0.2) is 0 Å². The topological polar surface area (TPSA) is 29.9 Å². The molecule has 0 saturated heterocycles. The molecule has 98 valence electrons. The fraction of sp³-hybridized carbons (Fsp3) is 0.786. The highest BCUT2D eigenvalue weighted by molar-refractivity contribution is 5.24. The third kappa shape index (κ3) is 3.32. The number of hydrogen-bond acceptors (Lipinski definition) is 2. The average Bonchev–Trinajstić information content (AvgIpc) is 2.54. The van der Waals surface area contributed by atoms with Crippen LogP contribution in [0.1, 0.15) is 57.1 Å². The molecule has 0 aromatic carbocycles. The second kappa shape index (κ2) is 6.20. The summed E-state index contributed by atoms with van der Waals surface area (Å²) >= 11 is 0. The van der Waals surface area contributed by atoms with Crippen LogP contribution in [0.2, 0.25) is 0 Å². The molecule has 1 rings (SSSR count). The van der Waals surface area contributed by atoms with Gasteiger partial charge in [-0.05, 0) is 52.6 Å². The van der Waals surface area contributed by atoms with Gasteiger partial charge in [0.25, 0.3) is 0 Å². The lowest BCUT2D eigenvalue weighted by Crippen LogP contribution is -2.28. The van der Waals surface area contributed by atoms with Crippen molar-refractivity contribution in [3.05, 3.63) is 17.0 Å². The molecule has 0 aliphatic rings. The molecule has 1 aromatic rings. The van der Waals surface area contributed by atoms with E-state index in [0.717, 1.165) is 19.4 Å². The van der Waals surface area contributed by atoms with Crippen molar-refractivity contribution in [2.75, 3.05) is 6.54 Å². The van der Waals surface area contributed by atoms with Crippen LogP contribution in [0, 0.1) is 13.8 Å². The van der Waals surface area contributed by atoms with E-state index in [-0.39, 0.29) is 0 Å². The van der Waals surface area contributed by atoms with Gasteiger partial charge < -0.3 is 5.32 Å². The molecule has 0 bridgehead atoms. The van der Waals surface area contributed by atoms with Crippen LogP contribution < -0.4 is 5.32 Å². The zero-order valence-electron chi connectivity index (χ0n) is 12.2. The molecule has 0 saturated carbocycles. The van der Waals surface area contributed by atoms with Crippen LogP contribution in [-0.2, 0) is 6.42 Å². The SMILES string of the molecule is CCNC(C)CC(C)n1nc(C)c(CC)c1C.